The molecule has 1 rings (SSSR count). The van der Waals surface area contributed by atoms with Crippen LogP contribution in [0, 0.1) is 6.92 Å². The molecule has 1 unspecified atom stereocenters. The first-order chi connectivity index (χ1) is 7.41. The van der Waals surface area contributed by atoms with Crippen LogP contribution in [-0.4, -0.2) is 30.2 Å². The Labute approximate surface area is 98.9 Å². The predicted molar refractivity (Wildman–Crippen MR) is 65.0 cm³/mol. The molecule has 5 nitrogen and oxygen atoms in total. The van der Waals surface area contributed by atoms with E-state index in [4.69, 9.17) is 10.8 Å². The Hall–Kier alpha value is -1.14. The number of hydrogen-bond acceptors (Lipinski definition) is 5. The number of hydrogen-bond donors (Lipinski definition) is 2. The van der Waals surface area contributed by atoms with Gasteiger partial charge in [0, 0.05) is 31.4 Å². The summed E-state index contributed by atoms with van der Waals surface area (Å²) < 4.78 is 0. The molecule has 1 aromatic rings. The second-order valence-electron chi connectivity index (χ2n) is 3.88. The molecule has 0 bridgehead atoms. The molecule has 0 aromatic carbocycles. The van der Waals surface area contributed by atoms with Gasteiger partial charge in [-0.05, 0) is 13.3 Å². The van der Waals surface area contributed by atoms with Gasteiger partial charge in [-0.25, -0.2) is 4.98 Å². The van der Waals surface area contributed by atoms with Crippen LogP contribution in [0.2, 0.25) is 0 Å². The number of thiazole rings is 1. The summed E-state index contributed by atoms with van der Waals surface area (Å²) >= 11 is 1.52. The van der Waals surface area contributed by atoms with Crippen LogP contribution in [0.15, 0.2) is 0 Å². The number of aliphatic carboxylic acids is 1. The van der Waals surface area contributed by atoms with Gasteiger partial charge >= 0.3 is 5.97 Å². The molecule has 0 radical (unpaired) electrons. The van der Waals surface area contributed by atoms with Crippen molar-refractivity contribution in [2.75, 3.05) is 19.0 Å². The van der Waals surface area contributed by atoms with E-state index in [0.717, 1.165) is 15.7 Å². The van der Waals surface area contributed by atoms with Crippen molar-refractivity contribution in [3.8, 4) is 0 Å². The largest absolute Gasteiger partial charge is 0.481 e. The smallest absolute Gasteiger partial charge is 0.303 e. The summed E-state index contributed by atoms with van der Waals surface area (Å²) in [5, 5.41) is 9.50. The van der Waals surface area contributed by atoms with Gasteiger partial charge < -0.3 is 15.7 Å². The fourth-order valence-corrected chi connectivity index (χ4v) is 2.36. The molecule has 1 heterocycles. The molecule has 0 saturated heterocycles. The lowest BCUT2D eigenvalue weighted by Crippen LogP contribution is -2.11. The lowest BCUT2D eigenvalue weighted by Gasteiger charge is -2.08. The molecule has 3 N–H and O–H groups in total. The van der Waals surface area contributed by atoms with E-state index in [1.54, 1.807) is 0 Å². The van der Waals surface area contributed by atoms with Crippen LogP contribution in [-0.2, 0) is 4.79 Å². The first-order valence-electron chi connectivity index (χ1n) is 5.04. The van der Waals surface area contributed by atoms with E-state index < -0.39 is 5.97 Å². The number of rotatable bonds is 5. The highest BCUT2D eigenvalue weighted by molar-refractivity contribution is 7.15. The molecule has 0 spiro atoms. The lowest BCUT2D eigenvalue weighted by molar-refractivity contribution is -0.137. The Morgan fingerprint density at radius 1 is 1.62 bits per heavy atom. The molecule has 0 amide bonds. The molecule has 6 heteroatoms. The zero-order chi connectivity index (χ0) is 12.3. The van der Waals surface area contributed by atoms with Crippen LogP contribution in [0.4, 0.5) is 5.13 Å². The van der Waals surface area contributed by atoms with Gasteiger partial charge in [0.2, 0.25) is 0 Å². The standard InChI is InChI=1S/C10H17N3O2S/c1-6-9(7(11)4-5-8(14)15)16-10(12-6)13(2)3/h7H,4-5,11H2,1-3H3,(H,14,15). The highest BCUT2D eigenvalue weighted by atomic mass is 32.1. The fourth-order valence-electron chi connectivity index (χ4n) is 1.34. The zero-order valence-electron chi connectivity index (χ0n) is 9.73. The second kappa shape index (κ2) is 5.27. The Bertz CT molecular complexity index is 376. The van der Waals surface area contributed by atoms with Crippen LogP contribution in [0.5, 0.6) is 0 Å². The van der Waals surface area contributed by atoms with Crippen molar-refractivity contribution in [1.29, 1.82) is 0 Å². The highest BCUT2D eigenvalue weighted by Gasteiger charge is 2.16. The number of carboxylic acids is 1. The molecule has 0 fully saturated rings. The van der Waals surface area contributed by atoms with Crippen molar-refractivity contribution in [2.45, 2.75) is 25.8 Å². The summed E-state index contributed by atoms with van der Waals surface area (Å²) in [6.45, 7) is 1.90. The number of nitrogens with zero attached hydrogens (tertiary/aromatic N) is 2. The molecule has 0 saturated carbocycles. The number of aryl methyl sites for hydroxylation is 1. The number of anilines is 1. The van der Waals surface area contributed by atoms with E-state index >= 15 is 0 Å². The van der Waals surface area contributed by atoms with Crippen molar-refractivity contribution in [1.82, 2.24) is 4.98 Å². The van der Waals surface area contributed by atoms with Gasteiger partial charge in [-0.2, -0.15) is 0 Å². The second-order valence-corrected chi connectivity index (χ2v) is 4.89. The molecular formula is C10H17N3O2S. The quantitative estimate of drug-likeness (QED) is 0.816. The zero-order valence-corrected chi connectivity index (χ0v) is 10.5. The van der Waals surface area contributed by atoms with E-state index in [-0.39, 0.29) is 12.5 Å². The fraction of sp³-hybridized carbons (Fsp3) is 0.600. The first kappa shape index (κ1) is 12.9. The summed E-state index contributed by atoms with van der Waals surface area (Å²) in [5.74, 6) is -0.814. The van der Waals surface area contributed by atoms with Crippen molar-refractivity contribution in [3.05, 3.63) is 10.6 Å². The van der Waals surface area contributed by atoms with Gasteiger partial charge in [0.1, 0.15) is 0 Å². The summed E-state index contributed by atoms with van der Waals surface area (Å²) in [5.41, 5.74) is 6.84. The average molecular weight is 243 g/mol. The Balaban J connectivity index is 2.75. The van der Waals surface area contributed by atoms with Crippen molar-refractivity contribution < 1.29 is 9.90 Å². The molecule has 1 atom stereocenters. The van der Waals surface area contributed by atoms with Gasteiger partial charge in [0.05, 0.1) is 5.69 Å². The predicted octanol–water partition coefficient (Wildman–Crippen LogP) is 1.38. The average Bonchev–Trinajstić information content (AvgIpc) is 2.57. The Kier molecular flexibility index (Phi) is 4.26. The van der Waals surface area contributed by atoms with Crippen LogP contribution >= 0.6 is 11.3 Å². The van der Waals surface area contributed by atoms with Gasteiger partial charge in [-0.1, -0.05) is 0 Å². The highest BCUT2D eigenvalue weighted by Crippen LogP contribution is 2.30. The van der Waals surface area contributed by atoms with Gasteiger partial charge in [0.15, 0.2) is 5.13 Å². The van der Waals surface area contributed by atoms with Crippen LogP contribution in [0.1, 0.15) is 29.5 Å². The minimum absolute atomic E-state index is 0.0931. The summed E-state index contributed by atoms with van der Waals surface area (Å²) in [7, 11) is 3.84. The number of nitrogens with two attached hydrogens (primary N) is 1. The molecule has 16 heavy (non-hydrogen) atoms. The van der Waals surface area contributed by atoms with Crippen LogP contribution in [0.3, 0.4) is 0 Å². The molecular weight excluding hydrogens is 226 g/mol. The number of carbonyl (C=O) groups is 1. The lowest BCUT2D eigenvalue weighted by atomic mass is 10.1. The van der Waals surface area contributed by atoms with Crippen molar-refractivity contribution in [3.63, 3.8) is 0 Å². The maximum absolute atomic E-state index is 10.5. The molecule has 90 valence electrons. The SMILES string of the molecule is Cc1nc(N(C)C)sc1C(N)CCC(=O)O. The van der Waals surface area contributed by atoms with Crippen molar-refractivity contribution >= 4 is 22.4 Å². The summed E-state index contributed by atoms with van der Waals surface area (Å²) in [4.78, 5) is 17.7. The minimum Gasteiger partial charge on any atom is -0.481 e. The maximum atomic E-state index is 10.5. The summed E-state index contributed by atoms with van der Waals surface area (Å²) in [6.07, 6.45) is 0.543. The van der Waals surface area contributed by atoms with Gasteiger partial charge in [-0.3, -0.25) is 4.79 Å². The van der Waals surface area contributed by atoms with E-state index in [0.29, 0.717) is 6.42 Å². The number of aromatic nitrogens is 1. The third-order valence-electron chi connectivity index (χ3n) is 2.21. The Morgan fingerprint density at radius 2 is 2.25 bits per heavy atom. The normalized spacial score (nSPS) is 12.5. The third kappa shape index (κ3) is 3.18. The van der Waals surface area contributed by atoms with E-state index in [1.165, 1.54) is 11.3 Å². The van der Waals surface area contributed by atoms with Crippen molar-refractivity contribution in [2.24, 2.45) is 5.73 Å². The molecule has 0 aliphatic carbocycles. The topological polar surface area (TPSA) is 79.5 Å². The Morgan fingerprint density at radius 3 is 2.69 bits per heavy atom. The van der Waals surface area contributed by atoms with Gasteiger partial charge in [0.25, 0.3) is 0 Å². The van der Waals surface area contributed by atoms with E-state index in [2.05, 4.69) is 4.98 Å². The third-order valence-corrected chi connectivity index (χ3v) is 3.67. The van der Waals surface area contributed by atoms with Gasteiger partial charge in [-0.15, -0.1) is 11.3 Å². The number of carboxylic acid groups (broad SMARTS) is 1. The maximum Gasteiger partial charge on any atom is 0.303 e. The van der Waals surface area contributed by atoms with E-state index in [1.807, 2.05) is 25.9 Å². The molecule has 1 aromatic heterocycles. The first-order valence-corrected chi connectivity index (χ1v) is 5.85. The molecule has 0 aliphatic rings. The molecule has 0 aliphatic heterocycles. The van der Waals surface area contributed by atoms with Crippen LogP contribution in [0.25, 0.3) is 0 Å². The van der Waals surface area contributed by atoms with Crippen LogP contribution < -0.4 is 10.6 Å². The van der Waals surface area contributed by atoms with E-state index in [9.17, 15) is 4.79 Å². The minimum atomic E-state index is -0.814. The summed E-state index contributed by atoms with van der Waals surface area (Å²) in [6, 6.07) is -0.234. The monoisotopic (exact) mass is 243 g/mol.